The van der Waals surface area contributed by atoms with Gasteiger partial charge >= 0.3 is 24.7 Å². The highest BCUT2D eigenvalue weighted by Crippen LogP contribution is 2.41. The maximum absolute atomic E-state index is 13.9. The molecule has 2 saturated heterocycles. The first-order valence-electron chi connectivity index (χ1n) is 19.6. The van der Waals surface area contributed by atoms with E-state index in [-0.39, 0.29) is 61.4 Å². The van der Waals surface area contributed by atoms with Crippen LogP contribution in [-0.2, 0) is 47.4 Å². The van der Waals surface area contributed by atoms with Gasteiger partial charge < -0.3 is 9.47 Å². The Morgan fingerprint density at radius 2 is 0.841 bits per heavy atom. The van der Waals surface area contributed by atoms with Crippen LogP contribution in [0.4, 0.5) is 61.5 Å². The lowest BCUT2D eigenvalue weighted by Gasteiger charge is -2.47. The summed E-state index contributed by atoms with van der Waals surface area (Å²) in [5.41, 5.74) is -5.36. The van der Waals surface area contributed by atoms with Gasteiger partial charge in [0.1, 0.15) is 11.6 Å². The monoisotopic (exact) mass is 907 g/mol. The highest BCUT2D eigenvalue weighted by molar-refractivity contribution is 5.34. The molecule has 0 radical (unpaired) electrons. The van der Waals surface area contributed by atoms with Crippen LogP contribution in [-0.4, -0.2) is 55.4 Å². The third-order valence-electron chi connectivity index (χ3n) is 11.4. The van der Waals surface area contributed by atoms with E-state index in [1.54, 1.807) is 24.3 Å². The quantitative estimate of drug-likeness (QED) is 0.133. The van der Waals surface area contributed by atoms with Crippen molar-refractivity contribution in [2.75, 3.05) is 39.4 Å². The van der Waals surface area contributed by atoms with Gasteiger partial charge in [-0.1, -0.05) is 24.3 Å². The van der Waals surface area contributed by atoms with E-state index in [2.05, 4.69) is 6.07 Å². The zero-order chi connectivity index (χ0) is 45.9. The van der Waals surface area contributed by atoms with Gasteiger partial charge in [-0.3, -0.25) is 9.80 Å². The van der Waals surface area contributed by atoms with Crippen molar-refractivity contribution >= 4 is 0 Å². The molecule has 0 aliphatic carbocycles. The van der Waals surface area contributed by atoms with E-state index in [0.717, 1.165) is 0 Å². The van der Waals surface area contributed by atoms with Crippen LogP contribution in [0.2, 0.25) is 0 Å². The van der Waals surface area contributed by atoms with Crippen LogP contribution in [0.15, 0.2) is 84.9 Å². The van der Waals surface area contributed by atoms with Crippen LogP contribution in [0.5, 0.6) is 0 Å². The van der Waals surface area contributed by atoms with Gasteiger partial charge in [0.05, 0.1) is 54.8 Å². The summed E-state index contributed by atoms with van der Waals surface area (Å²) in [7, 11) is 0. The third kappa shape index (κ3) is 12.3. The molecule has 2 heterocycles. The lowest BCUT2D eigenvalue weighted by atomic mass is 9.79. The van der Waals surface area contributed by atoms with Gasteiger partial charge in [-0.15, -0.1) is 0 Å². The fourth-order valence-electron chi connectivity index (χ4n) is 8.46. The zero-order valence-corrected chi connectivity index (χ0v) is 33.0. The van der Waals surface area contributed by atoms with E-state index in [4.69, 9.17) is 9.47 Å². The first-order chi connectivity index (χ1) is 29.5. The van der Waals surface area contributed by atoms with Crippen molar-refractivity contribution in [3.63, 3.8) is 0 Å². The van der Waals surface area contributed by atoms with Crippen molar-refractivity contribution in [1.82, 2.24) is 9.80 Å². The SMILES string of the molecule is N#CC(N1CC[C@@H](c2ccc(F)cc2)[C@H](COCc2cc(C(F)(F)F)cc(C(F)(F)F)c2)C1)N1CC[C@@H](c2ccc(F)cc2)[C@H](COCc2cc(C(F)(F)F)cc(C(F)(F)F)c2)C1. The van der Waals surface area contributed by atoms with Gasteiger partial charge in [-0.2, -0.15) is 57.9 Å². The van der Waals surface area contributed by atoms with Crippen molar-refractivity contribution < 1.29 is 70.9 Å². The van der Waals surface area contributed by atoms with Crippen LogP contribution in [0.1, 0.15) is 69.2 Å². The van der Waals surface area contributed by atoms with Crippen LogP contribution < -0.4 is 0 Å². The topological polar surface area (TPSA) is 48.7 Å². The minimum atomic E-state index is -5.07. The fraction of sp³-hybridized carbons (Fsp3) is 0.432. The number of piperidine rings is 2. The largest absolute Gasteiger partial charge is 0.416 e. The van der Waals surface area contributed by atoms with Crippen molar-refractivity contribution in [2.45, 2.75) is 68.8 Å². The lowest BCUT2D eigenvalue weighted by Crippen LogP contribution is -2.56. The molecule has 0 unspecified atom stereocenters. The molecule has 0 amide bonds. The number of ether oxygens (including phenoxy) is 2. The van der Waals surface area contributed by atoms with Gasteiger partial charge in [-0.25, -0.2) is 8.78 Å². The highest BCUT2D eigenvalue weighted by Gasteiger charge is 2.41. The van der Waals surface area contributed by atoms with Crippen molar-refractivity contribution in [3.05, 3.63) is 141 Å². The Hall–Kier alpha value is -4.77. The van der Waals surface area contributed by atoms with E-state index in [1.807, 2.05) is 9.80 Å². The summed E-state index contributed by atoms with van der Waals surface area (Å²) in [5.74, 6) is -2.68. The standard InChI is InChI=1S/C44H39F14N3O2/c45-36-5-1-28(2-6-36)38-9-11-60(20-30(38)24-62-22-26-13-32(41(47,48)49)17-33(14-26)42(50,51)52)40(19-59)61-12-10-39(29-3-7-37(46)8-4-29)31(21-61)25-63-23-27-15-34(43(53,54)55)18-35(16-27)44(56,57)58/h1-8,13-18,30-31,38-40H,9-12,20-25H2/t30-,31-,38-,39-/m0/s1. The Bertz CT molecular complexity index is 1990. The highest BCUT2D eigenvalue weighted by atomic mass is 19.4. The number of nitrogens with zero attached hydrogens (tertiary/aromatic N) is 3. The molecule has 4 aromatic rings. The molecule has 4 aromatic carbocycles. The maximum Gasteiger partial charge on any atom is 0.416 e. The molecule has 2 aliphatic heterocycles. The second-order valence-corrected chi connectivity index (χ2v) is 15.8. The molecule has 19 heteroatoms. The van der Waals surface area contributed by atoms with Gasteiger partial charge in [-0.05, 0) is 108 Å². The van der Waals surface area contributed by atoms with Crippen LogP contribution >= 0.6 is 0 Å². The predicted octanol–water partition coefficient (Wildman–Crippen LogP) is 11.8. The second kappa shape index (κ2) is 19.1. The number of halogens is 14. The first kappa shape index (κ1) is 47.7. The van der Waals surface area contributed by atoms with Crippen LogP contribution in [0.3, 0.4) is 0 Å². The number of rotatable bonds is 12. The minimum Gasteiger partial charge on any atom is -0.376 e. The van der Waals surface area contributed by atoms with Crippen LogP contribution in [0.25, 0.3) is 0 Å². The number of nitriles is 1. The molecule has 340 valence electrons. The number of benzene rings is 4. The summed E-state index contributed by atoms with van der Waals surface area (Å²) in [5, 5.41) is 10.6. The number of likely N-dealkylation sites (tertiary alicyclic amines) is 2. The van der Waals surface area contributed by atoms with E-state index >= 15 is 0 Å². The Kier molecular flexibility index (Phi) is 14.5. The molecule has 0 aromatic heterocycles. The molecule has 2 fully saturated rings. The van der Waals surface area contributed by atoms with E-state index in [1.165, 1.54) is 24.3 Å². The molecule has 2 aliphatic rings. The first-order valence-corrected chi connectivity index (χ1v) is 19.6. The molecule has 5 nitrogen and oxygen atoms in total. The summed E-state index contributed by atoms with van der Waals surface area (Å²) >= 11 is 0. The van der Waals surface area contributed by atoms with E-state index in [0.29, 0.717) is 61.3 Å². The summed E-state index contributed by atoms with van der Waals surface area (Å²) in [6.07, 6.45) is -20.4. The minimum absolute atomic E-state index is 0.0116. The number of hydrogen-bond donors (Lipinski definition) is 0. The third-order valence-corrected chi connectivity index (χ3v) is 11.4. The summed E-state index contributed by atoms with van der Waals surface area (Å²) in [4.78, 5) is 3.66. The van der Waals surface area contributed by atoms with Crippen LogP contribution in [0, 0.1) is 34.8 Å². The molecular weight excluding hydrogens is 868 g/mol. The Morgan fingerprint density at radius 3 is 1.13 bits per heavy atom. The van der Waals surface area contributed by atoms with Crippen molar-refractivity contribution in [3.8, 4) is 6.07 Å². The molecule has 63 heavy (non-hydrogen) atoms. The van der Waals surface area contributed by atoms with Gasteiger partial charge in [0.15, 0.2) is 6.17 Å². The average Bonchev–Trinajstić information content (AvgIpc) is 3.21. The number of hydrogen-bond acceptors (Lipinski definition) is 5. The molecule has 4 atom stereocenters. The molecule has 6 rings (SSSR count). The van der Waals surface area contributed by atoms with Gasteiger partial charge in [0, 0.05) is 38.0 Å². The maximum atomic E-state index is 13.9. The second-order valence-electron chi connectivity index (χ2n) is 15.8. The normalized spacial score (nSPS) is 20.9. The Labute approximate surface area is 352 Å². The molecule has 0 bridgehead atoms. The molecule has 0 N–H and O–H groups in total. The van der Waals surface area contributed by atoms with Gasteiger partial charge in [0.25, 0.3) is 0 Å². The van der Waals surface area contributed by atoms with Crippen molar-refractivity contribution in [1.29, 1.82) is 5.26 Å². The van der Waals surface area contributed by atoms with Crippen molar-refractivity contribution in [2.24, 2.45) is 11.8 Å². The Morgan fingerprint density at radius 1 is 0.524 bits per heavy atom. The summed E-state index contributed by atoms with van der Waals surface area (Å²) in [6.45, 7) is -0.660. The summed E-state index contributed by atoms with van der Waals surface area (Å²) < 4.78 is 202. The molecule has 0 spiro atoms. The smallest absolute Gasteiger partial charge is 0.376 e. The number of alkyl halides is 12. The molecule has 0 saturated carbocycles. The average molecular weight is 908 g/mol. The Balaban J connectivity index is 1.21. The van der Waals surface area contributed by atoms with E-state index in [9.17, 15) is 66.7 Å². The zero-order valence-electron chi connectivity index (χ0n) is 33.0. The fourth-order valence-corrected chi connectivity index (χ4v) is 8.46. The van der Waals surface area contributed by atoms with E-state index < -0.39 is 89.8 Å². The lowest BCUT2D eigenvalue weighted by molar-refractivity contribution is -0.144. The predicted molar refractivity (Wildman–Crippen MR) is 199 cm³/mol. The summed E-state index contributed by atoms with van der Waals surface area (Å²) in [6, 6.07) is 15.8. The molecular formula is C44H39F14N3O2. The van der Waals surface area contributed by atoms with Gasteiger partial charge in [0.2, 0.25) is 0 Å².